The van der Waals surface area contributed by atoms with E-state index in [1.54, 1.807) is 5.32 Å². The summed E-state index contributed by atoms with van der Waals surface area (Å²) in [6.07, 6.45) is 1.43. The molecular formula is C11H11N3O2. The summed E-state index contributed by atoms with van der Waals surface area (Å²) in [4.78, 5) is 18.6. The van der Waals surface area contributed by atoms with Crippen molar-refractivity contribution in [2.75, 3.05) is 6.54 Å². The highest BCUT2D eigenvalue weighted by molar-refractivity contribution is 5.86. The van der Waals surface area contributed by atoms with Gasteiger partial charge < -0.3 is 9.90 Å². The highest BCUT2D eigenvalue weighted by atomic mass is 16.4. The summed E-state index contributed by atoms with van der Waals surface area (Å²) in [5, 5.41) is 12.8. The fourth-order valence-corrected chi connectivity index (χ4v) is 1.53. The Hall–Kier alpha value is -2.01. The highest BCUT2D eigenvalue weighted by Gasteiger charge is 2.06. The maximum absolute atomic E-state index is 10.4. The summed E-state index contributed by atoms with van der Waals surface area (Å²) in [6.45, 7) is 1.83. The smallest absolute Gasteiger partial charge is 0.235 e. The molecule has 5 nitrogen and oxygen atoms in total. The van der Waals surface area contributed by atoms with Crippen LogP contribution < -0.4 is 10.4 Å². The minimum Gasteiger partial charge on any atom is -0.544 e. The van der Waals surface area contributed by atoms with Gasteiger partial charge >= 0.3 is 0 Å². The molecule has 0 unspecified atom stereocenters. The number of aliphatic carboxylic acids is 1. The molecule has 1 aromatic carbocycles. The van der Waals surface area contributed by atoms with Crippen molar-refractivity contribution in [2.45, 2.75) is 6.92 Å². The number of carbonyl (C=O) groups excluding carboxylic acids is 1. The van der Waals surface area contributed by atoms with Gasteiger partial charge in [0.05, 0.1) is 16.9 Å². The number of nitrogens with zero attached hydrogens (tertiary/aromatic N) is 2. The van der Waals surface area contributed by atoms with E-state index in [0.717, 1.165) is 16.5 Å². The molecule has 0 saturated carbocycles. The number of aryl methyl sites for hydroxylation is 1. The van der Waals surface area contributed by atoms with Gasteiger partial charge in [0.15, 0.2) is 0 Å². The summed E-state index contributed by atoms with van der Waals surface area (Å²) >= 11 is 0. The van der Waals surface area contributed by atoms with E-state index in [1.807, 2.05) is 25.1 Å². The third kappa shape index (κ3) is 2.14. The van der Waals surface area contributed by atoms with Gasteiger partial charge in [-0.15, -0.1) is 0 Å². The average molecular weight is 217 g/mol. The summed E-state index contributed by atoms with van der Waals surface area (Å²) in [6, 6.07) is 5.79. The van der Waals surface area contributed by atoms with E-state index < -0.39 is 5.97 Å². The van der Waals surface area contributed by atoms with E-state index in [1.165, 1.54) is 6.33 Å². The number of carboxylic acid groups (broad SMARTS) is 1. The molecule has 0 atom stereocenters. The second-order valence-corrected chi connectivity index (χ2v) is 3.56. The van der Waals surface area contributed by atoms with Crippen LogP contribution in [0.5, 0.6) is 0 Å². The van der Waals surface area contributed by atoms with E-state index in [2.05, 4.69) is 9.97 Å². The minimum absolute atomic E-state index is 0.139. The molecule has 0 aliphatic carbocycles. The molecule has 0 spiro atoms. The zero-order valence-corrected chi connectivity index (χ0v) is 8.80. The minimum atomic E-state index is -1.11. The molecule has 0 bridgehead atoms. The average Bonchev–Trinajstić information content (AvgIpc) is 2.26. The van der Waals surface area contributed by atoms with Crippen molar-refractivity contribution in [1.82, 2.24) is 9.97 Å². The number of nitrogens with two attached hydrogens (primary N) is 1. The predicted octanol–water partition coefficient (Wildman–Crippen LogP) is -1.12. The van der Waals surface area contributed by atoms with Crippen LogP contribution in [0.25, 0.3) is 10.9 Å². The van der Waals surface area contributed by atoms with Crippen LogP contribution in [-0.2, 0) is 4.79 Å². The molecule has 5 heteroatoms. The summed E-state index contributed by atoms with van der Waals surface area (Å²) < 4.78 is 0. The SMILES string of the molecule is Cc1ccc2ncnc([NH2+]CC(=O)[O-])c2c1. The van der Waals surface area contributed by atoms with E-state index in [0.29, 0.717) is 5.82 Å². The molecule has 0 radical (unpaired) electrons. The Morgan fingerprint density at radius 1 is 1.44 bits per heavy atom. The molecule has 0 aliphatic heterocycles. The molecular weight excluding hydrogens is 206 g/mol. The van der Waals surface area contributed by atoms with Gasteiger partial charge in [-0.3, -0.25) is 5.32 Å². The molecule has 82 valence electrons. The molecule has 0 aliphatic rings. The lowest BCUT2D eigenvalue weighted by Gasteiger charge is -2.04. The number of quaternary nitrogens is 1. The number of carbonyl (C=O) groups is 1. The van der Waals surface area contributed by atoms with Crippen molar-refractivity contribution in [3.63, 3.8) is 0 Å². The molecule has 2 rings (SSSR count). The Bertz CT molecular complexity index is 540. The molecule has 0 fully saturated rings. The van der Waals surface area contributed by atoms with Gasteiger partial charge in [0.2, 0.25) is 5.82 Å². The molecule has 1 heterocycles. The maximum Gasteiger partial charge on any atom is 0.235 e. The topological polar surface area (TPSA) is 82.5 Å². The largest absolute Gasteiger partial charge is 0.544 e. The summed E-state index contributed by atoms with van der Waals surface area (Å²) in [5.41, 5.74) is 1.90. The Morgan fingerprint density at radius 3 is 3.00 bits per heavy atom. The summed E-state index contributed by atoms with van der Waals surface area (Å²) in [7, 11) is 0. The van der Waals surface area contributed by atoms with Crippen molar-refractivity contribution in [3.8, 4) is 0 Å². The predicted molar refractivity (Wildman–Crippen MR) is 55.7 cm³/mol. The lowest BCUT2D eigenvalue weighted by molar-refractivity contribution is -0.571. The van der Waals surface area contributed by atoms with Gasteiger partial charge in [-0.2, -0.15) is 4.98 Å². The van der Waals surface area contributed by atoms with Crippen LogP contribution in [0.4, 0.5) is 5.82 Å². The zero-order valence-electron chi connectivity index (χ0n) is 8.80. The maximum atomic E-state index is 10.4. The molecule has 2 N–H and O–H groups in total. The number of hydrogen-bond donors (Lipinski definition) is 1. The van der Waals surface area contributed by atoms with Crippen LogP contribution in [0.1, 0.15) is 5.56 Å². The first kappa shape index (κ1) is 10.5. The van der Waals surface area contributed by atoms with Gasteiger partial charge in [0, 0.05) is 0 Å². The fraction of sp³-hybridized carbons (Fsp3) is 0.182. The van der Waals surface area contributed by atoms with Crippen molar-refractivity contribution >= 4 is 22.7 Å². The highest BCUT2D eigenvalue weighted by Crippen LogP contribution is 2.16. The van der Waals surface area contributed by atoms with Crippen molar-refractivity contribution in [2.24, 2.45) is 0 Å². The van der Waals surface area contributed by atoms with Gasteiger partial charge in [-0.1, -0.05) is 11.6 Å². The van der Waals surface area contributed by atoms with E-state index in [4.69, 9.17) is 0 Å². The van der Waals surface area contributed by atoms with Crippen LogP contribution >= 0.6 is 0 Å². The number of hydrogen-bond acceptors (Lipinski definition) is 4. The third-order valence-electron chi connectivity index (χ3n) is 2.28. The first-order valence-electron chi connectivity index (χ1n) is 4.91. The number of fused-ring (bicyclic) bond motifs is 1. The zero-order chi connectivity index (χ0) is 11.5. The Balaban J connectivity index is 2.43. The van der Waals surface area contributed by atoms with Crippen LogP contribution in [0.3, 0.4) is 0 Å². The molecule has 0 saturated heterocycles. The van der Waals surface area contributed by atoms with Gasteiger partial charge in [0.1, 0.15) is 12.9 Å². The van der Waals surface area contributed by atoms with Crippen LogP contribution in [0, 0.1) is 6.92 Å². The van der Waals surface area contributed by atoms with Gasteiger partial charge in [-0.25, -0.2) is 4.98 Å². The molecule has 2 aromatic rings. The van der Waals surface area contributed by atoms with Crippen molar-refractivity contribution in [1.29, 1.82) is 0 Å². The third-order valence-corrected chi connectivity index (χ3v) is 2.28. The standard InChI is InChI=1S/C11H11N3O2/c1-7-2-3-9-8(4-7)11(14-6-13-9)12-5-10(15)16/h2-4,6H,5H2,1H3,(H,15,16)(H,12,13,14). The van der Waals surface area contributed by atoms with Crippen LogP contribution in [-0.4, -0.2) is 22.5 Å². The van der Waals surface area contributed by atoms with Crippen molar-refractivity contribution < 1.29 is 15.2 Å². The fourth-order valence-electron chi connectivity index (χ4n) is 1.53. The quantitative estimate of drug-likeness (QED) is 0.706. The van der Waals surface area contributed by atoms with Gasteiger partial charge in [0.25, 0.3) is 0 Å². The second kappa shape index (κ2) is 4.24. The van der Waals surface area contributed by atoms with Crippen LogP contribution in [0.2, 0.25) is 0 Å². The van der Waals surface area contributed by atoms with Gasteiger partial charge in [-0.05, 0) is 19.1 Å². The normalized spacial score (nSPS) is 10.6. The Labute approximate surface area is 92.2 Å². The van der Waals surface area contributed by atoms with E-state index in [-0.39, 0.29) is 6.54 Å². The molecule has 16 heavy (non-hydrogen) atoms. The number of benzene rings is 1. The number of aromatic nitrogens is 2. The Kier molecular flexibility index (Phi) is 2.78. The Morgan fingerprint density at radius 2 is 2.25 bits per heavy atom. The molecule has 1 aromatic heterocycles. The van der Waals surface area contributed by atoms with E-state index in [9.17, 15) is 9.90 Å². The lowest BCUT2D eigenvalue weighted by Crippen LogP contribution is -2.81. The first-order chi connectivity index (χ1) is 7.66. The van der Waals surface area contributed by atoms with E-state index >= 15 is 0 Å². The monoisotopic (exact) mass is 217 g/mol. The van der Waals surface area contributed by atoms with Crippen LogP contribution in [0.15, 0.2) is 24.5 Å². The number of rotatable bonds is 3. The first-order valence-corrected chi connectivity index (χ1v) is 4.91. The molecule has 0 amide bonds. The summed E-state index contributed by atoms with van der Waals surface area (Å²) in [5.74, 6) is -0.475. The van der Waals surface area contributed by atoms with Crippen molar-refractivity contribution in [3.05, 3.63) is 30.1 Å². The lowest BCUT2D eigenvalue weighted by atomic mass is 10.1. The second-order valence-electron chi connectivity index (χ2n) is 3.56. The number of carboxylic acids is 1.